The fourth-order valence-corrected chi connectivity index (χ4v) is 8.12. The summed E-state index contributed by atoms with van der Waals surface area (Å²) in [6.07, 6.45) is 6.09. The van der Waals surface area contributed by atoms with Crippen molar-refractivity contribution in [3.05, 3.63) is 91.0 Å². The Labute approximate surface area is 325 Å². The Kier molecular flexibility index (Phi) is 27.9. The molecule has 0 N–H and O–H groups in total. The van der Waals surface area contributed by atoms with Crippen LogP contribution in [0.1, 0.15) is 59.3 Å². The third kappa shape index (κ3) is 25.7. The van der Waals surface area contributed by atoms with Crippen molar-refractivity contribution < 1.29 is 27.1 Å². The Bertz CT molecular complexity index is 1160. The molecule has 0 amide bonds. The molecule has 6 nitrogen and oxygen atoms in total. The van der Waals surface area contributed by atoms with Gasteiger partial charge in [0.05, 0.1) is 19.8 Å². The maximum absolute atomic E-state index is 5.47. The smallest absolute Gasteiger partial charge is 0.678 e. The predicted molar refractivity (Wildman–Crippen MR) is 214 cm³/mol. The summed E-state index contributed by atoms with van der Waals surface area (Å²) < 4.78 is 32.6. The third-order valence-corrected chi connectivity index (χ3v) is 11.2. The minimum absolute atomic E-state index is 0. The first kappa shape index (κ1) is 46.8. The monoisotopic (exact) mass is 904 g/mol. The quantitative estimate of drug-likeness (QED) is 0.0529. The van der Waals surface area contributed by atoms with Crippen molar-refractivity contribution in [3.8, 4) is 17.2 Å². The zero-order valence-corrected chi connectivity index (χ0v) is 36.3. The molecule has 0 aliphatic carbocycles. The van der Waals surface area contributed by atoms with Crippen LogP contribution < -0.4 is 13.6 Å². The number of hydrogen-bond donors (Lipinski definition) is 0. The van der Waals surface area contributed by atoms with E-state index in [9.17, 15) is 0 Å². The predicted octanol–water partition coefficient (Wildman–Crippen LogP) is 10.6. The molecule has 0 saturated heterocycles. The molecule has 254 valence electrons. The molecule has 0 saturated carbocycles. The zero-order valence-electron chi connectivity index (χ0n) is 26.2. The molecule has 3 aromatic rings. The summed E-state index contributed by atoms with van der Waals surface area (Å²) in [6.45, 7) is 8.04. The van der Waals surface area contributed by atoms with Gasteiger partial charge in [-0.1, -0.05) is 130 Å². The molecule has 46 heavy (non-hydrogen) atoms. The normalized spacial score (nSPS) is 14.2. The second kappa shape index (κ2) is 27.5. The number of unbranched alkanes of at least 4 members (excludes halogenated alkanes) is 3. The van der Waals surface area contributed by atoms with E-state index < -0.39 is 17.1 Å². The van der Waals surface area contributed by atoms with Crippen LogP contribution in [0, 0.1) is 0 Å². The van der Waals surface area contributed by atoms with Crippen LogP contribution in [-0.4, -0.2) is 44.2 Å². The summed E-state index contributed by atoms with van der Waals surface area (Å²) >= 11 is 30.7. The van der Waals surface area contributed by atoms with E-state index in [1.165, 1.54) is 0 Å². The molecule has 0 aromatic heterocycles. The average Bonchev–Trinajstić information content (AvgIpc) is 2.99. The first-order chi connectivity index (χ1) is 21.4. The first-order valence-electron chi connectivity index (χ1n) is 14.5. The topological polar surface area (TPSA) is 55.4 Å². The van der Waals surface area contributed by atoms with Crippen LogP contribution >= 0.6 is 17.1 Å². The number of benzene rings is 3. The standard InChI is InChI=1S/3C10H15O2PS2.Sb/c3*1-2-3-9-11-13(14,15)12-10-7-5-4-6-8-10;/h3*4-8H,2-3,9H2,1H3,(H,14,15);/q;;;+3/p-3. The summed E-state index contributed by atoms with van der Waals surface area (Å²) in [5.74, 6) is 2.06. The Balaban J connectivity index is 0.000000653. The molecule has 0 bridgehead atoms. The van der Waals surface area contributed by atoms with E-state index in [4.69, 9.17) is 99.3 Å². The third-order valence-electron chi connectivity index (χ3n) is 5.12. The first-order valence-corrected chi connectivity index (χ1v) is 25.5. The van der Waals surface area contributed by atoms with Crippen LogP contribution in [0.2, 0.25) is 0 Å². The summed E-state index contributed by atoms with van der Waals surface area (Å²) in [6, 6.07) is 28.0. The molecular formula is C30H42O6P3S6Sb. The second-order valence-electron chi connectivity index (χ2n) is 9.11. The fourth-order valence-electron chi connectivity index (χ4n) is 2.87. The number of hydrogen-bond acceptors (Lipinski definition) is 12. The van der Waals surface area contributed by atoms with Gasteiger partial charge in [0.25, 0.3) is 0 Å². The van der Waals surface area contributed by atoms with Crippen molar-refractivity contribution in [1.29, 1.82) is 0 Å². The Morgan fingerprint density at radius 3 is 0.870 bits per heavy atom. The minimum Gasteiger partial charge on any atom is -0.678 e. The van der Waals surface area contributed by atoms with E-state index in [2.05, 4.69) is 20.8 Å². The zero-order chi connectivity index (χ0) is 33.4. The van der Waals surface area contributed by atoms with E-state index in [1.807, 2.05) is 91.0 Å². The van der Waals surface area contributed by atoms with E-state index in [-0.39, 0.29) is 24.4 Å². The second-order valence-corrected chi connectivity index (χ2v) is 23.9. The van der Waals surface area contributed by atoms with Gasteiger partial charge < -0.3 is 63.9 Å². The van der Waals surface area contributed by atoms with Crippen molar-refractivity contribution in [2.75, 3.05) is 19.8 Å². The van der Waals surface area contributed by atoms with E-state index in [0.717, 1.165) is 38.5 Å². The van der Waals surface area contributed by atoms with Gasteiger partial charge in [0, 0.05) is 0 Å². The van der Waals surface area contributed by atoms with Gasteiger partial charge in [-0.25, -0.2) is 0 Å². The van der Waals surface area contributed by atoms with Crippen molar-refractivity contribution in [2.45, 2.75) is 59.3 Å². The van der Waals surface area contributed by atoms with Crippen molar-refractivity contribution in [2.24, 2.45) is 0 Å². The molecule has 0 heterocycles. The molecule has 3 aromatic carbocycles. The van der Waals surface area contributed by atoms with Gasteiger partial charge in [-0.05, 0) is 55.7 Å². The molecule has 16 heteroatoms. The molecule has 0 aliphatic heterocycles. The molecule has 0 aliphatic rings. The molecule has 3 rings (SSSR count). The van der Waals surface area contributed by atoms with Gasteiger partial charge >= 0.3 is 24.4 Å². The van der Waals surface area contributed by atoms with Gasteiger partial charge in [0.1, 0.15) is 34.3 Å². The number of para-hydroxylation sites is 3. The molecule has 3 unspecified atom stereocenters. The maximum Gasteiger partial charge on any atom is 3.00 e. The molecular weight excluding hydrogens is 863 g/mol. The van der Waals surface area contributed by atoms with Crippen LogP contribution in [0.15, 0.2) is 91.0 Å². The van der Waals surface area contributed by atoms with E-state index >= 15 is 0 Å². The summed E-state index contributed by atoms with van der Waals surface area (Å²) in [7, 11) is 0. The van der Waals surface area contributed by atoms with Gasteiger partial charge in [-0.2, -0.15) is 0 Å². The summed E-state index contributed by atoms with van der Waals surface area (Å²) in [4.78, 5) is 0. The van der Waals surface area contributed by atoms with Crippen molar-refractivity contribution in [3.63, 3.8) is 0 Å². The molecule has 0 spiro atoms. The van der Waals surface area contributed by atoms with Crippen LogP contribution in [0.3, 0.4) is 0 Å². The Hall–Kier alpha value is 0.758. The minimum atomic E-state index is -2.53. The average molecular weight is 906 g/mol. The van der Waals surface area contributed by atoms with Crippen LogP contribution in [-0.2, 0) is 85.7 Å². The summed E-state index contributed by atoms with van der Waals surface area (Å²) in [5.41, 5.74) is -7.58. The summed E-state index contributed by atoms with van der Waals surface area (Å²) in [5, 5.41) is 0. The Morgan fingerprint density at radius 2 is 0.674 bits per heavy atom. The largest absolute Gasteiger partial charge is 3.00 e. The van der Waals surface area contributed by atoms with E-state index in [1.54, 1.807) is 0 Å². The molecule has 2 radical (unpaired) electrons. The van der Waals surface area contributed by atoms with Gasteiger partial charge in [0.2, 0.25) is 0 Å². The van der Waals surface area contributed by atoms with Crippen molar-refractivity contribution in [1.82, 2.24) is 0 Å². The van der Waals surface area contributed by atoms with Crippen LogP contribution in [0.4, 0.5) is 0 Å². The molecule has 0 fully saturated rings. The maximum atomic E-state index is 5.47. The van der Waals surface area contributed by atoms with E-state index in [0.29, 0.717) is 37.1 Å². The Morgan fingerprint density at radius 1 is 0.457 bits per heavy atom. The van der Waals surface area contributed by atoms with Gasteiger partial charge in [-0.15, -0.1) is 0 Å². The fraction of sp³-hybridized carbons (Fsp3) is 0.400. The van der Waals surface area contributed by atoms with Gasteiger partial charge in [-0.3, -0.25) is 0 Å². The van der Waals surface area contributed by atoms with Gasteiger partial charge in [0.15, 0.2) is 0 Å². The SMILES string of the molecule is CCCCOP(=S)([S-])Oc1ccccc1.CCCCOP(=S)([S-])Oc1ccccc1.CCCCOP(=S)([S-])Oc1ccccc1.[Sb+3]. The van der Waals surface area contributed by atoms with Crippen LogP contribution in [0.25, 0.3) is 0 Å². The molecule has 3 atom stereocenters. The van der Waals surface area contributed by atoms with Crippen molar-refractivity contribution >= 4 is 114 Å². The number of rotatable bonds is 18. The van der Waals surface area contributed by atoms with Crippen LogP contribution in [0.5, 0.6) is 17.2 Å².